The molecule has 1 amide bonds. The number of sulfonamides is 1. The molecule has 118 valence electrons. The summed E-state index contributed by atoms with van der Waals surface area (Å²) in [7, 11) is -4.03. The number of rotatable bonds is 5. The quantitative estimate of drug-likeness (QED) is 0.789. The molecule has 2 aromatic rings. The van der Waals surface area contributed by atoms with Gasteiger partial charge in [-0.1, -0.05) is 6.07 Å². The van der Waals surface area contributed by atoms with E-state index in [1.165, 1.54) is 16.8 Å². The van der Waals surface area contributed by atoms with Gasteiger partial charge in [0, 0.05) is 5.69 Å². The Bertz CT molecular complexity index is 801. The second kappa shape index (κ2) is 6.24. The molecule has 0 aliphatic rings. The molecular formula is C13H15FN4O3S. The van der Waals surface area contributed by atoms with Crippen molar-refractivity contribution in [3.8, 4) is 0 Å². The summed E-state index contributed by atoms with van der Waals surface area (Å²) in [5, 5.41) is 4.09. The summed E-state index contributed by atoms with van der Waals surface area (Å²) in [5.41, 5.74) is 3.60. The zero-order chi connectivity index (χ0) is 16.3. The molecule has 0 saturated carbocycles. The van der Waals surface area contributed by atoms with Gasteiger partial charge in [-0.3, -0.25) is 14.9 Å². The van der Waals surface area contributed by atoms with Crippen LogP contribution in [0, 0.1) is 19.7 Å². The molecule has 9 heteroatoms. The first-order valence-corrected chi connectivity index (χ1v) is 7.83. The van der Waals surface area contributed by atoms with E-state index in [-0.39, 0.29) is 11.4 Å². The Labute approximate surface area is 127 Å². The highest BCUT2D eigenvalue weighted by atomic mass is 32.2. The standard InChI is InChI=1S/C13H15FN4O3S/c1-9-6-10(2)18(16-9)8-13(19)15-17-22(20,21)12-5-3-4-11(14)7-12/h3-7,17H,8H2,1-2H3,(H,15,19). The van der Waals surface area contributed by atoms with Crippen LogP contribution in [0.4, 0.5) is 4.39 Å². The topological polar surface area (TPSA) is 93.1 Å². The predicted molar refractivity (Wildman–Crippen MR) is 76.6 cm³/mol. The lowest BCUT2D eigenvalue weighted by atomic mass is 10.4. The third-order valence-corrected chi connectivity index (χ3v) is 4.07. The van der Waals surface area contributed by atoms with Crippen LogP contribution in [0.15, 0.2) is 35.2 Å². The Morgan fingerprint density at radius 3 is 2.64 bits per heavy atom. The van der Waals surface area contributed by atoms with E-state index in [4.69, 9.17) is 0 Å². The van der Waals surface area contributed by atoms with Crippen molar-refractivity contribution in [1.29, 1.82) is 0 Å². The first-order valence-electron chi connectivity index (χ1n) is 6.35. The third kappa shape index (κ3) is 3.89. The molecule has 2 rings (SSSR count). The summed E-state index contributed by atoms with van der Waals surface area (Å²) in [6, 6.07) is 6.26. The van der Waals surface area contributed by atoms with Gasteiger partial charge in [-0.25, -0.2) is 12.8 Å². The first kappa shape index (κ1) is 16.1. The Kier molecular flexibility index (Phi) is 4.57. The highest BCUT2D eigenvalue weighted by Crippen LogP contribution is 2.09. The summed E-state index contributed by atoms with van der Waals surface area (Å²) in [6.07, 6.45) is 0. The molecule has 7 nitrogen and oxygen atoms in total. The maximum atomic E-state index is 13.0. The smallest absolute Gasteiger partial charge is 0.257 e. The lowest BCUT2D eigenvalue weighted by Gasteiger charge is -2.09. The first-order chi connectivity index (χ1) is 10.3. The second-order valence-corrected chi connectivity index (χ2v) is 6.38. The molecule has 1 aromatic carbocycles. The van der Waals surface area contributed by atoms with Crippen LogP contribution in [0.1, 0.15) is 11.4 Å². The highest BCUT2D eigenvalue weighted by Gasteiger charge is 2.16. The average Bonchev–Trinajstić information content (AvgIpc) is 2.75. The molecule has 0 aliphatic carbocycles. The summed E-state index contributed by atoms with van der Waals surface area (Å²) >= 11 is 0. The van der Waals surface area contributed by atoms with E-state index in [2.05, 4.69) is 10.5 Å². The molecule has 0 fully saturated rings. The molecule has 1 aromatic heterocycles. The van der Waals surface area contributed by atoms with E-state index in [0.717, 1.165) is 23.5 Å². The van der Waals surface area contributed by atoms with E-state index in [0.29, 0.717) is 0 Å². The maximum Gasteiger partial charge on any atom is 0.257 e. The molecule has 0 bridgehead atoms. The van der Waals surface area contributed by atoms with Crippen LogP contribution >= 0.6 is 0 Å². The van der Waals surface area contributed by atoms with Gasteiger partial charge in [-0.2, -0.15) is 5.10 Å². The zero-order valence-electron chi connectivity index (χ0n) is 12.0. The SMILES string of the molecule is Cc1cc(C)n(CC(=O)NNS(=O)(=O)c2cccc(F)c2)n1. The molecule has 1 heterocycles. The minimum absolute atomic E-state index is 0.134. The fourth-order valence-electron chi connectivity index (χ4n) is 1.83. The summed E-state index contributed by atoms with van der Waals surface area (Å²) in [5.74, 6) is -1.27. The number of aromatic nitrogens is 2. The van der Waals surface area contributed by atoms with E-state index in [1.54, 1.807) is 19.9 Å². The lowest BCUT2D eigenvalue weighted by Crippen LogP contribution is -2.43. The van der Waals surface area contributed by atoms with E-state index < -0.39 is 21.7 Å². The van der Waals surface area contributed by atoms with Gasteiger partial charge < -0.3 is 0 Å². The van der Waals surface area contributed by atoms with Crippen molar-refractivity contribution in [1.82, 2.24) is 20.0 Å². The fourth-order valence-corrected chi connectivity index (χ4v) is 2.72. The number of amides is 1. The number of nitrogens with zero attached hydrogens (tertiary/aromatic N) is 2. The lowest BCUT2D eigenvalue weighted by molar-refractivity contribution is -0.122. The largest absolute Gasteiger partial charge is 0.276 e. The van der Waals surface area contributed by atoms with E-state index >= 15 is 0 Å². The normalized spacial score (nSPS) is 11.4. The van der Waals surface area contributed by atoms with Gasteiger partial charge in [-0.05, 0) is 38.1 Å². The highest BCUT2D eigenvalue weighted by molar-refractivity contribution is 7.89. The number of aryl methyl sites for hydroxylation is 2. The summed E-state index contributed by atoms with van der Waals surface area (Å²) in [6.45, 7) is 3.43. The van der Waals surface area contributed by atoms with Crippen LogP contribution in [-0.2, 0) is 21.4 Å². The summed E-state index contributed by atoms with van der Waals surface area (Å²) in [4.78, 5) is 13.4. The molecule has 22 heavy (non-hydrogen) atoms. The average molecular weight is 326 g/mol. The minimum atomic E-state index is -4.03. The Balaban J connectivity index is 2.00. The Hall–Kier alpha value is -2.26. The van der Waals surface area contributed by atoms with Crippen LogP contribution in [0.5, 0.6) is 0 Å². The summed E-state index contributed by atoms with van der Waals surface area (Å²) < 4.78 is 38.3. The Morgan fingerprint density at radius 1 is 1.32 bits per heavy atom. The number of hydrogen-bond acceptors (Lipinski definition) is 4. The molecule has 0 atom stereocenters. The maximum absolute atomic E-state index is 13.0. The third-order valence-electron chi connectivity index (χ3n) is 2.83. The van der Waals surface area contributed by atoms with Gasteiger partial charge in [-0.15, -0.1) is 4.83 Å². The van der Waals surface area contributed by atoms with Crippen LogP contribution < -0.4 is 10.3 Å². The molecule has 0 unspecified atom stereocenters. The number of halogens is 1. The minimum Gasteiger partial charge on any atom is -0.276 e. The van der Waals surface area contributed by atoms with Crippen LogP contribution in [0.2, 0.25) is 0 Å². The zero-order valence-corrected chi connectivity index (χ0v) is 12.8. The monoisotopic (exact) mass is 326 g/mol. The number of carbonyl (C=O) groups is 1. The Morgan fingerprint density at radius 2 is 2.05 bits per heavy atom. The van der Waals surface area contributed by atoms with E-state index in [9.17, 15) is 17.6 Å². The van der Waals surface area contributed by atoms with Crippen molar-refractivity contribution >= 4 is 15.9 Å². The molecule has 0 radical (unpaired) electrons. The van der Waals surface area contributed by atoms with Crippen molar-refractivity contribution in [3.63, 3.8) is 0 Å². The molecule has 0 aliphatic heterocycles. The van der Waals surface area contributed by atoms with Crippen molar-refractivity contribution < 1.29 is 17.6 Å². The van der Waals surface area contributed by atoms with Crippen LogP contribution in [0.25, 0.3) is 0 Å². The van der Waals surface area contributed by atoms with Gasteiger partial charge in [0.2, 0.25) is 0 Å². The fraction of sp³-hybridized carbons (Fsp3) is 0.231. The van der Waals surface area contributed by atoms with Gasteiger partial charge in [0.25, 0.3) is 15.9 Å². The molecular weight excluding hydrogens is 311 g/mol. The van der Waals surface area contributed by atoms with Gasteiger partial charge in [0.1, 0.15) is 12.4 Å². The van der Waals surface area contributed by atoms with Crippen molar-refractivity contribution in [3.05, 3.63) is 47.5 Å². The molecule has 0 saturated heterocycles. The van der Waals surface area contributed by atoms with Crippen LogP contribution in [-0.4, -0.2) is 24.1 Å². The number of hydrogen-bond donors (Lipinski definition) is 2. The predicted octanol–water partition coefficient (Wildman–Crippen LogP) is 0.649. The van der Waals surface area contributed by atoms with Gasteiger partial charge in [0.15, 0.2) is 0 Å². The van der Waals surface area contributed by atoms with Gasteiger partial charge in [0.05, 0.1) is 10.6 Å². The molecule has 2 N–H and O–H groups in total. The van der Waals surface area contributed by atoms with E-state index in [1.807, 2.05) is 4.83 Å². The molecule has 0 spiro atoms. The number of hydrazine groups is 1. The number of nitrogens with one attached hydrogen (secondary N) is 2. The van der Waals surface area contributed by atoms with Crippen LogP contribution in [0.3, 0.4) is 0 Å². The van der Waals surface area contributed by atoms with Gasteiger partial charge >= 0.3 is 0 Å². The number of carbonyl (C=O) groups excluding carboxylic acids is 1. The van der Waals surface area contributed by atoms with Crippen molar-refractivity contribution in [2.24, 2.45) is 0 Å². The number of benzene rings is 1. The van der Waals surface area contributed by atoms with Crippen molar-refractivity contribution in [2.75, 3.05) is 0 Å². The van der Waals surface area contributed by atoms with Crippen molar-refractivity contribution in [2.45, 2.75) is 25.3 Å². The second-order valence-electron chi connectivity index (χ2n) is 4.70.